The molecule has 6 nitrogen and oxygen atoms in total. The Morgan fingerprint density at radius 2 is 1.83 bits per heavy atom. The van der Waals surface area contributed by atoms with Crippen molar-refractivity contribution in [2.75, 3.05) is 26.7 Å². The number of carbonyl (C=O) groups is 2. The van der Waals surface area contributed by atoms with E-state index >= 15 is 0 Å². The second kappa shape index (κ2) is 8.62. The molecule has 1 aromatic carbocycles. The van der Waals surface area contributed by atoms with Gasteiger partial charge in [0.15, 0.2) is 0 Å². The summed E-state index contributed by atoms with van der Waals surface area (Å²) in [5.41, 5.74) is -0.592. The molecule has 1 N–H and O–H groups in total. The number of carbonyl (C=O) groups excluding carboxylic acids is 2. The average Bonchev–Trinajstić information content (AvgIpc) is 2.45. The normalized spacial score (nSPS) is 10.8. The van der Waals surface area contributed by atoms with Gasteiger partial charge in [0.2, 0.25) is 5.91 Å². The Bertz CT molecular complexity index is 526. The minimum absolute atomic E-state index is 0.119. The molecule has 2 amide bonds. The highest BCUT2D eigenvalue weighted by molar-refractivity contribution is 6.30. The van der Waals surface area contributed by atoms with Crippen LogP contribution < -0.4 is 10.1 Å². The molecular weight excluding hydrogens is 320 g/mol. The van der Waals surface area contributed by atoms with Gasteiger partial charge in [0.05, 0.1) is 6.54 Å². The molecular formula is C16H23ClN2O4. The first kappa shape index (κ1) is 19.1. The highest BCUT2D eigenvalue weighted by Crippen LogP contribution is 2.15. The highest BCUT2D eigenvalue weighted by Gasteiger charge is 2.17. The van der Waals surface area contributed by atoms with Crippen molar-refractivity contribution in [3.05, 3.63) is 29.3 Å². The summed E-state index contributed by atoms with van der Waals surface area (Å²) in [7, 11) is 1.64. The average molecular weight is 343 g/mol. The summed E-state index contributed by atoms with van der Waals surface area (Å²) in [5, 5.41) is 3.06. The fourth-order valence-corrected chi connectivity index (χ4v) is 1.68. The maximum absolute atomic E-state index is 11.9. The van der Waals surface area contributed by atoms with Gasteiger partial charge in [-0.1, -0.05) is 11.6 Å². The van der Waals surface area contributed by atoms with Crippen LogP contribution in [0.2, 0.25) is 5.02 Å². The van der Waals surface area contributed by atoms with E-state index in [1.807, 2.05) is 0 Å². The molecule has 0 heterocycles. The third-order valence-corrected chi connectivity index (χ3v) is 2.97. The maximum atomic E-state index is 11.9. The summed E-state index contributed by atoms with van der Waals surface area (Å²) < 4.78 is 10.6. The first-order chi connectivity index (χ1) is 10.7. The first-order valence-electron chi connectivity index (χ1n) is 7.26. The summed E-state index contributed by atoms with van der Waals surface area (Å²) >= 11 is 5.78. The van der Waals surface area contributed by atoms with Crippen molar-refractivity contribution in [2.24, 2.45) is 0 Å². The molecule has 0 aliphatic heterocycles. The Hall–Kier alpha value is -1.95. The lowest BCUT2D eigenvalue weighted by Gasteiger charge is -2.21. The predicted molar refractivity (Wildman–Crippen MR) is 88.8 cm³/mol. The van der Waals surface area contributed by atoms with Crippen molar-refractivity contribution < 1.29 is 19.1 Å². The number of nitrogens with one attached hydrogen (secondary N) is 1. The van der Waals surface area contributed by atoms with Crippen molar-refractivity contribution in [1.29, 1.82) is 0 Å². The molecule has 1 aromatic rings. The Labute approximate surface area is 141 Å². The zero-order chi connectivity index (χ0) is 17.5. The number of halogens is 1. The van der Waals surface area contributed by atoms with E-state index in [2.05, 4.69) is 5.32 Å². The van der Waals surface area contributed by atoms with E-state index in [1.54, 1.807) is 52.1 Å². The van der Waals surface area contributed by atoms with E-state index in [9.17, 15) is 9.59 Å². The molecule has 0 bridgehead atoms. The van der Waals surface area contributed by atoms with Gasteiger partial charge in [-0.25, -0.2) is 4.79 Å². The van der Waals surface area contributed by atoms with Crippen LogP contribution in [0.1, 0.15) is 20.8 Å². The largest absolute Gasteiger partial charge is 0.492 e. The topological polar surface area (TPSA) is 67.9 Å². The molecule has 0 radical (unpaired) electrons. The van der Waals surface area contributed by atoms with Crippen molar-refractivity contribution in [1.82, 2.24) is 10.2 Å². The Balaban J connectivity index is 2.26. The number of hydrogen-bond acceptors (Lipinski definition) is 4. The monoisotopic (exact) mass is 342 g/mol. The number of nitrogens with zero attached hydrogens (tertiary/aromatic N) is 1. The summed E-state index contributed by atoms with van der Waals surface area (Å²) in [6.45, 7) is 5.90. The van der Waals surface area contributed by atoms with Gasteiger partial charge in [0, 0.05) is 12.1 Å². The summed E-state index contributed by atoms with van der Waals surface area (Å²) in [6.07, 6.45) is -0.614. The molecule has 7 heteroatoms. The van der Waals surface area contributed by atoms with Crippen LogP contribution >= 0.6 is 11.6 Å². The Morgan fingerprint density at radius 3 is 2.39 bits per heavy atom. The van der Waals surface area contributed by atoms with Crippen LogP contribution in [0.4, 0.5) is 4.79 Å². The van der Waals surface area contributed by atoms with Gasteiger partial charge in [0.25, 0.3) is 0 Å². The number of alkyl carbamates (subject to hydrolysis) is 1. The van der Waals surface area contributed by atoms with E-state index in [0.29, 0.717) is 23.9 Å². The van der Waals surface area contributed by atoms with Gasteiger partial charge in [-0.05, 0) is 45.0 Å². The summed E-state index contributed by atoms with van der Waals surface area (Å²) in [6, 6.07) is 6.98. The Kier molecular flexibility index (Phi) is 7.16. The van der Waals surface area contributed by atoms with Gasteiger partial charge in [-0.3, -0.25) is 4.79 Å². The third kappa shape index (κ3) is 8.30. The van der Waals surface area contributed by atoms with Crippen molar-refractivity contribution in [2.45, 2.75) is 26.4 Å². The van der Waals surface area contributed by atoms with Gasteiger partial charge in [-0.15, -0.1) is 0 Å². The van der Waals surface area contributed by atoms with Gasteiger partial charge >= 0.3 is 6.09 Å². The standard InChI is InChI=1S/C16H23ClN2O4/c1-16(2,3)23-15(21)18-11-14(20)19(4)9-10-22-13-7-5-12(17)6-8-13/h5-8H,9-11H2,1-4H3,(H,18,21). The number of benzene rings is 1. The van der Waals surface area contributed by atoms with Crippen LogP contribution in [0, 0.1) is 0 Å². The molecule has 0 aromatic heterocycles. The lowest BCUT2D eigenvalue weighted by molar-refractivity contribution is -0.129. The van der Waals surface area contributed by atoms with Crippen molar-refractivity contribution >= 4 is 23.6 Å². The molecule has 0 atom stereocenters. The molecule has 0 fully saturated rings. The molecule has 0 unspecified atom stereocenters. The van der Waals surface area contributed by atoms with E-state index in [0.717, 1.165) is 0 Å². The van der Waals surface area contributed by atoms with E-state index < -0.39 is 11.7 Å². The molecule has 0 saturated carbocycles. The minimum atomic E-state index is -0.614. The fraction of sp³-hybridized carbons (Fsp3) is 0.500. The van der Waals surface area contributed by atoms with E-state index in [1.165, 1.54) is 4.90 Å². The molecule has 0 aliphatic rings. The van der Waals surface area contributed by atoms with Gasteiger partial charge < -0.3 is 19.7 Å². The van der Waals surface area contributed by atoms with Gasteiger partial charge in [-0.2, -0.15) is 0 Å². The number of likely N-dealkylation sites (N-methyl/N-ethyl adjacent to an activating group) is 1. The smallest absolute Gasteiger partial charge is 0.408 e. The molecule has 128 valence electrons. The first-order valence-corrected chi connectivity index (χ1v) is 7.64. The number of hydrogen-bond donors (Lipinski definition) is 1. The number of amides is 2. The minimum Gasteiger partial charge on any atom is -0.492 e. The van der Waals surface area contributed by atoms with Crippen LogP contribution in [-0.2, 0) is 9.53 Å². The molecule has 23 heavy (non-hydrogen) atoms. The maximum Gasteiger partial charge on any atom is 0.408 e. The van der Waals surface area contributed by atoms with Crippen LogP contribution in [0.15, 0.2) is 24.3 Å². The SMILES string of the molecule is CN(CCOc1ccc(Cl)cc1)C(=O)CNC(=O)OC(C)(C)C. The fourth-order valence-electron chi connectivity index (χ4n) is 1.55. The third-order valence-electron chi connectivity index (χ3n) is 2.72. The number of ether oxygens (including phenoxy) is 2. The molecule has 0 spiro atoms. The summed E-state index contributed by atoms with van der Waals surface area (Å²) in [5.74, 6) is 0.456. The van der Waals surface area contributed by atoms with Crippen molar-refractivity contribution in [3.63, 3.8) is 0 Å². The number of rotatable bonds is 6. The Morgan fingerprint density at radius 1 is 1.22 bits per heavy atom. The quantitative estimate of drug-likeness (QED) is 0.863. The molecule has 0 saturated heterocycles. The van der Waals surface area contributed by atoms with Crippen molar-refractivity contribution in [3.8, 4) is 5.75 Å². The molecule has 1 rings (SSSR count). The van der Waals surface area contributed by atoms with Crippen LogP contribution in [0.25, 0.3) is 0 Å². The van der Waals surface area contributed by atoms with E-state index in [4.69, 9.17) is 21.1 Å². The summed E-state index contributed by atoms with van der Waals surface area (Å²) in [4.78, 5) is 24.8. The van der Waals surface area contributed by atoms with Gasteiger partial charge in [0.1, 0.15) is 24.5 Å². The highest BCUT2D eigenvalue weighted by atomic mass is 35.5. The molecule has 0 aliphatic carbocycles. The predicted octanol–water partition coefficient (Wildman–Crippen LogP) is 2.70. The second-order valence-corrected chi connectivity index (χ2v) is 6.41. The zero-order valence-electron chi connectivity index (χ0n) is 13.9. The zero-order valence-corrected chi connectivity index (χ0v) is 14.6. The van der Waals surface area contributed by atoms with Crippen LogP contribution in [0.5, 0.6) is 5.75 Å². The van der Waals surface area contributed by atoms with Crippen LogP contribution in [0.3, 0.4) is 0 Å². The van der Waals surface area contributed by atoms with E-state index in [-0.39, 0.29) is 12.5 Å². The lowest BCUT2D eigenvalue weighted by atomic mass is 10.2. The lowest BCUT2D eigenvalue weighted by Crippen LogP contribution is -2.41. The second-order valence-electron chi connectivity index (χ2n) is 5.97. The van der Waals surface area contributed by atoms with Crippen LogP contribution in [-0.4, -0.2) is 49.2 Å².